The van der Waals surface area contributed by atoms with Crippen LogP contribution in [0.25, 0.3) is 0 Å². The number of allylic oxidation sites excluding steroid dienone is 2. The van der Waals surface area contributed by atoms with Gasteiger partial charge in [0.2, 0.25) is 0 Å². The Labute approximate surface area is 168 Å². The predicted molar refractivity (Wildman–Crippen MR) is 115 cm³/mol. The van der Waals surface area contributed by atoms with E-state index in [9.17, 15) is 9.59 Å². The Morgan fingerprint density at radius 3 is 1.89 bits per heavy atom. The smallest absolute Gasteiger partial charge is 0.194 e. The lowest BCUT2D eigenvalue weighted by Gasteiger charge is -2.19. The largest absolute Gasteiger partial charge is 0.289 e. The summed E-state index contributed by atoms with van der Waals surface area (Å²) in [6.45, 7) is 8.62. The van der Waals surface area contributed by atoms with Crippen molar-refractivity contribution in [1.29, 1.82) is 0 Å². The van der Waals surface area contributed by atoms with E-state index in [4.69, 9.17) is 0 Å². The number of rotatable bonds is 7. The first kappa shape index (κ1) is 20.3. The molecule has 2 aromatic carbocycles. The highest BCUT2D eigenvalue weighted by molar-refractivity contribution is 6.28. The van der Waals surface area contributed by atoms with Crippen LogP contribution in [0.1, 0.15) is 89.9 Å². The number of carbonyl (C=O) groups excluding carboxylic acids is 2. The van der Waals surface area contributed by atoms with Crippen LogP contribution in [-0.2, 0) is 12.8 Å². The van der Waals surface area contributed by atoms with E-state index >= 15 is 0 Å². The summed E-state index contributed by atoms with van der Waals surface area (Å²) >= 11 is 0. The summed E-state index contributed by atoms with van der Waals surface area (Å²) in [5.74, 6) is 0.631. The molecular weight excluding hydrogens is 344 g/mol. The lowest BCUT2D eigenvalue weighted by Crippen LogP contribution is -2.21. The van der Waals surface area contributed by atoms with Crippen molar-refractivity contribution in [1.82, 2.24) is 0 Å². The van der Waals surface area contributed by atoms with Crippen molar-refractivity contribution >= 4 is 11.6 Å². The molecule has 0 saturated heterocycles. The molecule has 146 valence electrons. The van der Waals surface area contributed by atoms with Crippen molar-refractivity contribution in [2.45, 2.75) is 59.8 Å². The van der Waals surface area contributed by atoms with Crippen LogP contribution in [0.4, 0.5) is 0 Å². The molecule has 0 aliphatic heterocycles. The number of carbonyl (C=O) groups is 2. The van der Waals surface area contributed by atoms with E-state index in [0.717, 1.165) is 36.8 Å². The highest BCUT2D eigenvalue weighted by Gasteiger charge is 2.29. The average molecular weight is 375 g/mol. The van der Waals surface area contributed by atoms with E-state index in [-0.39, 0.29) is 11.6 Å². The van der Waals surface area contributed by atoms with Gasteiger partial charge in [-0.2, -0.15) is 0 Å². The van der Waals surface area contributed by atoms with Gasteiger partial charge in [-0.25, -0.2) is 0 Å². The summed E-state index contributed by atoms with van der Waals surface area (Å²) in [6.07, 6.45) is 7.24. The quantitative estimate of drug-likeness (QED) is 0.452. The van der Waals surface area contributed by atoms with Crippen molar-refractivity contribution in [3.05, 3.63) is 81.4 Å². The molecule has 0 radical (unpaired) electrons. The fourth-order valence-electron chi connectivity index (χ4n) is 3.80. The highest BCUT2D eigenvalue weighted by atomic mass is 16.1. The average Bonchev–Trinajstić information content (AvgIpc) is 2.65. The predicted octanol–water partition coefficient (Wildman–Crippen LogP) is 6.34. The number of benzene rings is 2. The van der Waals surface area contributed by atoms with Crippen molar-refractivity contribution < 1.29 is 9.59 Å². The molecule has 1 aliphatic carbocycles. The van der Waals surface area contributed by atoms with E-state index in [0.29, 0.717) is 28.2 Å². The van der Waals surface area contributed by atoms with Gasteiger partial charge in [-0.15, -0.1) is 0 Å². The van der Waals surface area contributed by atoms with Gasteiger partial charge in [0.15, 0.2) is 11.6 Å². The molecule has 28 heavy (non-hydrogen) atoms. The van der Waals surface area contributed by atoms with Crippen molar-refractivity contribution in [3.8, 4) is 0 Å². The molecule has 2 aromatic rings. The zero-order valence-electron chi connectivity index (χ0n) is 17.5. The minimum Gasteiger partial charge on any atom is -0.289 e. The first-order chi connectivity index (χ1) is 13.4. The number of aryl methyl sites for hydroxylation is 2. The second-order valence-electron chi connectivity index (χ2n) is 8.52. The minimum absolute atomic E-state index is 0.0145. The molecule has 3 rings (SSSR count). The molecule has 0 fully saturated rings. The molecule has 0 saturated carbocycles. The Balaban J connectivity index is 1.86. The summed E-state index contributed by atoms with van der Waals surface area (Å²) in [4.78, 5) is 26.1. The van der Waals surface area contributed by atoms with Crippen LogP contribution >= 0.6 is 0 Å². The van der Waals surface area contributed by atoms with Gasteiger partial charge in [-0.1, -0.05) is 56.2 Å². The molecule has 0 N–H and O–H groups in total. The van der Waals surface area contributed by atoms with E-state index in [1.165, 1.54) is 12.0 Å². The van der Waals surface area contributed by atoms with E-state index in [1.54, 1.807) is 0 Å². The van der Waals surface area contributed by atoms with Crippen LogP contribution in [0, 0.1) is 5.92 Å². The lowest BCUT2D eigenvalue weighted by molar-refractivity contribution is 0.0979. The maximum atomic E-state index is 13.2. The molecule has 0 amide bonds. The molecule has 0 bridgehead atoms. The zero-order valence-corrected chi connectivity index (χ0v) is 17.5. The monoisotopic (exact) mass is 374 g/mol. The Bertz CT molecular complexity index is 927. The number of fused-ring (bicyclic) bond motifs is 2. The Kier molecular flexibility index (Phi) is 6.28. The van der Waals surface area contributed by atoms with E-state index in [2.05, 4.69) is 33.8 Å². The van der Waals surface area contributed by atoms with Gasteiger partial charge in [0, 0.05) is 22.3 Å². The Morgan fingerprint density at radius 1 is 0.821 bits per heavy atom. The third-order valence-corrected chi connectivity index (χ3v) is 5.38. The molecule has 0 aromatic heterocycles. The summed E-state index contributed by atoms with van der Waals surface area (Å²) in [5.41, 5.74) is 5.76. The molecule has 0 unspecified atom stereocenters. The Hall–Kier alpha value is -2.48. The third-order valence-electron chi connectivity index (χ3n) is 5.38. The Morgan fingerprint density at radius 2 is 1.36 bits per heavy atom. The molecule has 0 atom stereocenters. The van der Waals surface area contributed by atoms with Gasteiger partial charge in [-0.3, -0.25) is 9.59 Å². The summed E-state index contributed by atoms with van der Waals surface area (Å²) in [7, 11) is 0. The fraction of sp³-hybridized carbons (Fsp3) is 0.385. The van der Waals surface area contributed by atoms with Crippen molar-refractivity contribution in [2.24, 2.45) is 5.92 Å². The number of hydrogen-bond acceptors (Lipinski definition) is 2. The van der Waals surface area contributed by atoms with Gasteiger partial charge in [0.05, 0.1) is 0 Å². The summed E-state index contributed by atoms with van der Waals surface area (Å²) < 4.78 is 0. The number of hydrogen-bond donors (Lipinski definition) is 0. The molecule has 1 aliphatic rings. The highest BCUT2D eigenvalue weighted by Crippen LogP contribution is 2.29. The minimum atomic E-state index is -0.0332. The van der Waals surface area contributed by atoms with Crippen LogP contribution in [0.3, 0.4) is 0 Å². The van der Waals surface area contributed by atoms with Gasteiger partial charge in [-0.05, 0) is 68.7 Å². The molecule has 0 spiro atoms. The van der Waals surface area contributed by atoms with Crippen LogP contribution in [-0.4, -0.2) is 11.6 Å². The van der Waals surface area contributed by atoms with Crippen LogP contribution in [0.5, 0.6) is 0 Å². The molecule has 2 heteroatoms. The normalized spacial score (nSPS) is 12.8. The summed E-state index contributed by atoms with van der Waals surface area (Å²) in [6, 6.07) is 11.5. The van der Waals surface area contributed by atoms with E-state index < -0.39 is 0 Å². The van der Waals surface area contributed by atoms with Crippen molar-refractivity contribution in [3.63, 3.8) is 0 Å². The molecule has 2 nitrogen and oxygen atoms in total. The van der Waals surface area contributed by atoms with Gasteiger partial charge in [0.1, 0.15) is 0 Å². The van der Waals surface area contributed by atoms with Crippen LogP contribution in [0.15, 0.2) is 48.0 Å². The van der Waals surface area contributed by atoms with E-state index in [1.807, 2.05) is 36.4 Å². The van der Waals surface area contributed by atoms with Crippen LogP contribution < -0.4 is 0 Å². The van der Waals surface area contributed by atoms with Gasteiger partial charge in [0.25, 0.3) is 0 Å². The second kappa shape index (κ2) is 8.68. The van der Waals surface area contributed by atoms with Gasteiger partial charge >= 0.3 is 0 Å². The zero-order chi connectivity index (χ0) is 20.3. The molecular formula is C26H30O2. The number of ketones is 2. The maximum absolute atomic E-state index is 13.2. The van der Waals surface area contributed by atoms with Crippen molar-refractivity contribution in [2.75, 3.05) is 0 Å². The molecule has 0 heterocycles. The fourth-order valence-corrected chi connectivity index (χ4v) is 3.80. The van der Waals surface area contributed by atoms with Gasteiger partial charge < -0.3 is 0 Å². The SMILES string of the molecule is CC(C)=CCCc1ccc2c(c1)C(=O)c1cc(CCCC(C)C)ccc1C2=O. The third kappa shape index (κ3) is 4.49. The lowest BCUT2D eigenvalue weighted by atomic mass is 9.82. The second-order valence-corrected chi connectivity index (χ2v) is 8.52. The van der Waals surface area contributed by atoms with Crippen LogP contribution in [0.2, 0.25) is 0 Å². The topological polar surface area (TPSA) is 34.1 Å². The first-order valence-corrected chi connectivity index (χ1v) is 10.4. The maximum Gasteiger partial charge on any atom is 0.194 e. The summed E-state index contributed by atoms with van der Waals surface area (Å²) in [5, 5.41) is 0. The standard InChI is InChI=1S/C26H30O2/c1-17(2)7-5-9-19-11-13-21-23(15-19)26(28)24-16-20(10-6-8-18(3)4)12-14-22(24)25(21)27/h7,11-16,18H,5-6,8-10H2,1-4H3. The first-order valence-electron chi connectivity index (χ1n) is 10.4.